The molecule has 1 fully saturated rings. The molecule has 1 amide bonds. The molecule has 164 valence electrons. The first-order valence-electron chi connectivity index (χ1n) is 11.7. The average molecular weight is 421 g/mol. The van der Waals surface area contributed by atoms with Crippen LogP contribution in [0.15, 0.2) is 18.2 Å². The third-order valence-corrected chi connectivity index (χ3v) is 7.31. The molecule has 0 bridgehead atoms. The fraction of sp³-hybridized carbons (Fsp3) is 0.560. The minimum absolute atomic E-state index is 0.170. The molecule has 1 N–H and O–H groups in total. The number of Topliss-reactive ketones (excluding diaryl/α,β-unsaturated/α-hetero) is 1. The number of imidazole rings is 1. The number of carbonyl (C=O) groups is 2. The number of hydrogen-bond donors (Lipinski definition) is 1. The highest BCUT2D eigenvalue weighted by Gasteiger charge is 2.56. The van der Waals surface area contributed by atoms with Gasteiger partial charge in [0.25, 0.3) is 0 Å². The zero-order chi connectivity index (χ0) is 21.8. The standard InChI is InChI=1S/C25H32N4O2/c1-4-17(30)12-28-20-10-6-5-9-19(20)27-22(28)13-29-21-11-7-8-18(16(2)3)23(21)25(24(29)31)14-26-15-25/h7-8,11,16,26H,4-6,9-10,12-15H2,1-3H3. The van der Waals surface area contributed by atoms with E-state index in [1.54, 1.807) is 0 Å². The van der Waals surface area contributed by atoms with E-state index in [1.165, 1.54) is 16.8 Å². The van der Waals surface area contributed by atoms with Crippen molar-refractivity contribution in [2.24, 2.45) is 0 Å². The fourth-order valence-corrected chi connectivity index (χ4v) is 5.51. The number of ketones is 1. The largest absolute Gasteiger partial charge is 0.323 e. The lowest BCUT2D eigenvalue weighted by Crippen LogP contribution is -2.62. The molecule has 1 aromatic carbocycles. The van der Waals surface area contributed by atoms with Crippen molar-refractivity contribution in [2.75, 3.05) is 18.0 Å². The second-order valence-corrected chi connectivity index (χ2v) is 9.58. The molecule has 6 heteroatoms. The Hall–Kier alpha value is -2.47. The summed E-state index contributed by atoms with van der Waals surface area (Å²) in [5, 5.41) is 3.34. The molecule has 1 saturated heterocycles. The Morgan fingerprint density at radius 1 is 1.23 bits per heavy atom. The maximum Gasteiger partial charge on any atom is 0.240 e. The Labute approximate surface area is 184 Å². The van der Waals surface area contributed by atoms with E-state index in [0.717, 1.165) is 42.9 Å². The number of amides is 1. The predicted octanol–water partition coefficient (Wildman–Crippen LogP) is 3.25. The normalized spacial score (nSPS) is 19.0. The topological polar surface area (TPSA) is 67.2 Å². The molecule has 6 nitrogen and oxygen atoms in total. The summed E-state index contributed by atoms with van der Waals surface area (Å²) >= 11 is 0. The summed E-state index contributed by atoms with van der Waals surface area (Å²) in [5.74, 6) is 1.59. The van der Waals surface area contributed by atoms with Crippen LogP contribution in [-0.4, -0.2) is 34.3 Å². The van der Waals surface area contributed by atoms with Crippen molar-refractivity contribution in [3.05, 3.63) is 46.5 Å². The van der Waals surface area contributed by atoms with E-state index < -0.39 is 5.41 Å². The van der Waals surface area contributed by atoms with Crippen LogP contribution in [0.25, 0.3) is 0 Å². The third kappa shape index (κ3) is 3.06. The molecule has 3 heterocycles. The maximum atomic E-state index is 13.8. The molecule has 5 rings (SSSR count). The van der Waals surface area contributed by atoms with Crippen LogP contribution in [0.4, 0.5) is 5.69 Å². The molecule has 0 unspecified atom stereocenters. The van der Waals surface area contributed by atoms with Gasteiger partial charge in [-0.25, -0.2) is 4.98 Å². The van der Waals surface area contributed by atoms with Crippen molar-refractivity contribution >= 4 is 17.4 Å². The fourth-order valence-electron chi connectivity index (χ4n) is 5.51. The van der Waals surface area contributed by atoms with Crippen molar-refractivity contribution in [1.82, 2.24) is 14.9 Å². The Bertz CT molecular complexity index is 1050. The van der Waals surface area contributed by atoms with Crippen LogP contribution in [0.3, 0.4) is 0 Å². The summed E-state index contributed by atoms with van der Waals surface area (Å²) in [5.41, 5.74) is 5.35. The number of anilines is 1. The van der Waals surface area contributed by atoms with E-state index in [-0.39, 0.29) is 11.7 Å². The van der Waals surface area contributed by atoms with Crippen molar-refractivity contribution in [2.45, 2.75) is 77.3 Å². The van der Waals surface area contributed by atoms with Gasteiger partial charge >= 0.3 is 0 Å². The van der Waals surface area contributed by atoms with Gasteiger partial charge in [-0.15, -0.1) is 0 Å². The number of nitrogens with zero attached hydrogens (tertiary/aromatic N) is 3. The van der Waals surface area contributed by atoms with Crippen molar-refractivity contribution in [1.29, 1.82) is 0 Å². The van der Waals surface area contributed by atoms with E-state index in [9.17, 15) is 9.59 Å². The van der Waals surface area contributed by atoms with Crippen LogP contribution in [0, 0.1) is 0 Å². The zero-order valence-electron chi connectivity index (χ0n) is 18.8. The van der Waals surface area contributed by atoms with Crippen LogP contribution in [0.2, 0.25) is 0 Å². The molecule has 2 aromatic rings. The van der Waals surface area contributed by atoms with Gasteiger partial charge in [0.15, 0.2) is 5.78 Å². The Morgan fingerprint density at radius 3 is 2.68 bits per heavy atom. The number of carbonyl (C=O) groups excluding carboxylic acids is 2. The van der Waals surface area contributed by atoms with Crippen molar-refractivity contribution in [3.63, 3.8) is 0 Å². The monoisotopic (exact) mass is 420 g/mol. The first-order valence-corrected chi connectivity index (χ1v) is 11.7. The SMILES string of the molecule is CCC(=O)Cn1c(CN2C(=O)C3(CNC3)c3c(C(C)C)cccc32)nc2c1CCCC2. The molecule has 31 heavy (non-hydrogen) atoms. The second-order valence-electron chi connectivity index (χ2n) is 9.58. The number of aryl methyl sites for hydroxylation is 1. The van der Waals surface area contributed by atoms with Crippen LogP contribution < -0.4 is 10.2 Å². The van der Waals surface area contributed by atoms with Gasteiger partial charge < -0.3 is 14.8 Å². The van der Waals surface area contributed by atoms with Crippen molar-refractivity contribution < 1.29 is 9.59 Å². The van der Waals surface area contributed by atoms with E-state index in [4.69, 9.17) is 4.98 Å². The highest BCUT2D eigenvalue weighted by Crippen LogP contribution is 2.48. The summed E-state index contributed by atoms with van der Waals surface area (Å²) in [6.45, 7) is 8.48. The van der Waals surface area contributed by atoms with Crippen LogP contribution in [-0.2, 0) is 40.9 Å². The molecule has 2 aliphatic heterocycles. The van der Waals surface area contributed by atoms with Gasteiger partial charge in [-0.3, -0.25) is 9.59 Å². The lowest BCUT2D eigenvalue weighted by molar-refractivity contribution is -0.125. The smallest absolute Gasteiger partial charge is 0.240 e. The van der Waals surface area contributed by atoms with E-state index in [1.807, 2.05) is 11.8 Å². The molecule has 0 atom stereocenters. The molecule has 1 aliphatic carbocycles. The highest BCUT2D eigenvalue weighted by atomic mass is 16.2. The number of aromatic nitrogens is 2. The van der Waals surface area contributed by atoms with Gasteiger partial charge in [0.2, 0.25) is 5.91 Å². The molecule has 0 saturated carbocycles. The average Bonchev–Trinajstić information content (AvgIpc) is 3.20. The highest BCUT2D eigenvalue weighted by molar-refractivity contribution is 6.09. The summed E-state index contributed by atoms with van der Waals surface area (Å²) in [6, 6.07) is 6.31. The number of fused-ring (bicyclic) bond motifs is 3. The molecule has 3 aliphatic rings. The summed E-state index contributed by atoms with van der Waals surface area (Å²) in [7, 11) is 0. The van der Waals surface area contributed by atoms with Crippen molar-refractivity contribution in [3.8, 4) is 0 Å². The Kier molecular flexibility index (Phi) is 5.00. The lowest BCUT2D eigenvalue weighted by Gasteiger charge is -2.39. The molecular formula is C25H32N4O2. The number of nitrogens with one attached hydrogen (secondary N) is 1. The van der Waals surface area contributed by atoms with Gasteiger partial charge in [-0.05, 0) is 48.8 Å². The quantitative estimate of drug-likeness (QED) is 0.779. The Morgan fingerprint density at radius 2 is 2.00 bits per heavy atom. The predicted molar refractivity (Wildman–Crippen MR) is 120 cm³/mol. The third-order valence-electron chi connectivity index (χ3n) is 7.31. The lowest BCUT2D eigenvalue weighted by atomic mass is 9.73. The van der Waals surface area contributed by atoms with Gasteiger partial charge in [-0.2, -0.15) is 0 Å². The van der Waals surface area contributed by atoms with Gasteiger partial charge in [0, 0.05) is 30.9 Å². The molecule has 0 radical (unpaired) electrons. The molecule has 1 aromatic heterocycles. The van der Waals surface area contributed by atoms with Crippen LogP contribution in [0.1, 0.15) is 74.3 Å². The Balaban J connectivity index is 1.57. The summed E-state index contributed by atoms with van der Waals surface area (Å²) in [6.07, 6.45) is 4.73. The van der Waals surface area contributed by atoms with Gasteiger partial charge in [0.1, 0.15) is 11.2 Å². The molecular weight excluding hydrogens is 388 g/mol. The van der Waals surface area contributed by atoms with E-state index in [0.29, 0.717) is 38.5 Å². The van der Waals surface area contributed by atoms with E-state index >= 15 is 0 Å². The van der Waals surface area contributed by atoms with Gasteiger partial charge in [0.05, 0.1) is 18.8 Å². The zero-order valence-corrected chi connectivity index (χ0v) is 18.8. The van der Waals surface area contributed by atoms with Gasteiger partial charge in [-0.1, -0.05) is 32.9 Å². The second kappa shape index (κ2) is 7.59. The van der Waals surface area contributed by atoms with Crippen LogP contribution in [0.5, 0.6) is 0 Å². The minimum Gasteiger partial charge on any atom is -0.323 e. The first-order chi connectivity index (χ1) is 15.0. The summed E-state index contributed by atoms with van der Waals surface area (Å²) < 4.78 is 2.11. The number of benzene rings is 1. The minimum atomic E-state index is -0.452. The maximum absolute atomic E-state index is 13.8. The summed E-state index contributed by atoms with van der Waals surface area (Å²) in [4.78, 5) is 33.0. The molecule has 1 spiro atoms. The van der Waals surface area contributed by atoms with E-state index in [2.05, 4.69) is 41.9 Å². The first kappa shape index (κ1) is 20.4. The number of hydrogen-bond acceptors (Lipinski definition) is 4. The van der Waals surface area contributed by atoms with Crippen LogP contribution >= 0.6 is 0 Å². The number of rotatable bonds is 6.